The molecule has 3 unspecified atom stereocenters. The van der Waals surface area contributed by atoms with Crippen molar-refractivity contribution in [2.75, 3.05) is 19.6 Å². The highest BCUT2D eigenvalue weighted by atomic mass is 19.1. The Kier molecular flexibility index (Phi) is 3.43. The molecule has 0 spiro atoms. The van der Waals surface area contributed by atoms with Crippen LogP contribution in [0, 0.1) is 0 Å². The van der Waals surface area contributed by atoms with Crippen LogP contribution < -0.4 is 0 Å². The molecule has 1 heterocycles. The molecule has 4 heteroatoms. The number of piperidine rings is 1. The van der Waals surface area contributed by atoms with Gasteiger partial charge in [-0.3, -0.25) is 4.90 Å². The van der Waals surface area contributed by atoms with E-state index in [1.54, 1.807) is 11.8 Å². The number of rotatable bonds is 2. The van der Waals surface area contributed by atoms with Crippen molar-refractivity contribution in [3.05, 3.63) is 0 Å². The Hall–Kier alpha value is -0.190. The van der Waals surface area contributed by atoms with Gasteiger partial charge in [-0.1, -0.05) is 0 Å². The molecule has 0 saturated carbocycles. The van der Waals surface area contributed by atoms with E-state index >= 15 is 0 Å². The summed E-state index contributed by atoms with van der Waals surface area (Å²) in [6, 6.07) is 0. The second kappa shape index (κ2) is 4.16. The molecule has 2 N–H and O–H groups in total. The lowest BCUT2D eigenvalue weighted by Crippen LogP contribution is -2.46. The van der Waals surface area contributed by atoms with Crippen molar-refractivity contribution >= 4 is 0 Å². The average molecular weight is 177 g/mol. The van der Waals surface area contributed by atoms with Crippen LogP contribution in [0.1, 0.15) is 13.3 Å². The maximum absolute atomic E-state index is 12.9. The third kappa shape index (κ3) is 3.05. The van der Waals surface area contributed by atoms with E-state index in [0.717, 1.165) is 0 Å². The summed E-state index contributed by atoms with van der Waals surface area (Å²) in [5.74, 6) is 0. The first-order valence-corrected chi connectivity index (χ1v) is 4.30. The lowest BCUT2D eigenvalue weighted by atomic mass is 10.1. The predicted octanol–water partition coefficient (Wildman–Crippen LogP) is -0.228. The Morgan fingerprint density at radius 1 is 1.58 bits per heavy atom. The van der Waals surface area contributed by atoms with Crippen LogP contribution in [0.2, 0.25) is 0 Å². The largest absolute Gasteiger partial charge is 0.392 e. The number of likely N-dealkylation sites (tertiary alicyclic amines) is 1. The predicted molar refractivity (Wildman–Crippen MR) is 43.6 cm³/mol. The van der Waals surface area contributed by atoms with Crippen molar-refractivity contribution in [3.8, 4) is 0 Å². The summed E-state index contributed by atoms with van der Waals surface area (Å²) in [5, 5.41) is 18.2. The quantitative estimate of drug-likeness (QED) is 0.612. The van der Waals surface area contributed by atoms with Crippen molar-refractivity contribution in [2.24, 2.45) is 0 Å². The first-order valence-electron chi connectivity index (χ1n) is 4.30. The fourth-order valence-electron chi connectivity index (χ4n) is 1.62. The van der Waals surface area contributed by atoms with Gasteiger partial charge in [-0.05, 0) is 6.92 Å². The molecule has 1 saturated heterocycles. The number of halogens is 1. The van der Waals surface area contributed by atoms with E-state index in [1.165, 1.54) is 0 Å². The van der Waals surface area contributed by atoms with Crippen LogP contribution in [-0.2, 0) is 0 Å². The lowest BCUT2D eigenvalue weighted by Gasteiger charge is -2.32. The van der Waals surface area contributed by atoms with E-state index in [-0.39, 0.29) is 6.42 Å². The number of alkyl halides is 1. The van der Waals surface area contributed by atoms with Gasteiger partial charge < -0.3 is 10.2 Å². The van der Waals surface area contributed by atoms with Crippen LogP contribution >= 0.6 is 0 Å². The molecule has 0 amide bonds. The highest BCUT2D eigenvalue weighted by Crippen LogP contribution is 2.13. The Morgan fingerprint density at radius 2 is 2.25 bits per heavy atom. The zero-order chi connectivity index (χ0) is 9.14. The lowest BCUT2D eigenvalue weighted by molar-refractivity contribution is 0.00828. The van der Waals surface area contributed by atoms with Crippen molar-refractivity contribution in [2.45, 2.75) is 31.7 Å². The highest BCUT2D eigenvalue weighted by molar-refractivity contribution is 4.79. The van der Waals surface area contributed by atoms with Crippen molar-refractivity contribution in [1.82, 2.24) is 4.90 Å². The van der Waals surface area contributed by atoms with Crippen LogP contribution in [0.5, 0.6) is 0 Å². The Bertz CT molecular complexity index is 130. The molecule has 3 nitrogen and oxygen atoms in total. The maximum atomic E-state index is 12.9. The normalized spacial score (nSPS) is 35.0. The Labute approximate surface area is 71.8 Å². The number of hydrogen-bond acceptors (Lipinski definition) is 3. The molecule has 0 aromatic rings. The third-order valence-electron chi connectivity index (χ3n) is 1.98. The van der Waals surface area contributed by atoms with Gasteiger partial charge >= 0.3 is 0 Å². The average Bonchev–Trinajstić information content (AvgIpc) is 1.81. The standard InChI is InChI=1S/C8H16FNO2/c1-6(11)3-10-4-7(9)2-8(12)5-10/h6-8,11-12H,2-5H2,1H3. The highest BCUT2D eigenvalue weighted by Gasteiger charge is 2.25. The summed E-state index contributed by atoms with van der Waals surface area (Å²) < 4.78 is 12.9. The van der Waals surface area contributed by atoms with E-state index in [4.69, 9.17) is 5.11 Å². The summed E-state index contributed by atoms with van der Waals surface area (Å²) in [6.07, 6.45) is -1.75. The molecular weight excluding hydrogens is 161 g/mol. The minimum atomic E-state index is -0.951. The molecule has 0 aliphatic carbocycles. The van der Waals surface area contributed by atoms with Gasteiger partial charge in [0, 0.05) is 26.1 Å². The number of hydrogen-bond donors (Lipinski definition) is 2. The van der Waals surface area contributed by atoms with Crippen molar-refractivity contribution in [3.63, 3.8) is 0 Å². The van der Waals surface area contributed by atoms with Gasteiger partial charge in [-0.25, -0.2) is 4.39 Å². The van der Waals surface area contributed by atoms with E-state index in [2.05, 4.69) is 0 Å². The molecule has 1 fully saturated rings. The van der Waals surface area contributed by atoms with Gasteiger partial charge in [0.05, 0.1) is 12.2 Å². The fraction of sp³-hybridized carbons (Fsp3) is 1.00. The fourth-order valence-corrected chi connectivity index (χ4v) is 1.62. The smallest absolute Gasteiger partial charge is 0.115 e. The second-order valence-corrected chi connectivity index (χ2v) is 3.55. The minimum Gasteiger partial charge on any atom is -0.392 e. The molecule has 72 valence electrons. The van der Waals surface area contributed by atoms with Crippen molar-refractivity contribution in [1.29, 1.82) is 0 Å². The van der Waals surface area contributed by atoms with E-state index < -0.39 is 18.4 Å². The van der Waals surface area contributed by atoms with Gasteiger partial charge in [0.25, 0.3) is 0 Å². The topological polar surface area (TPSA) is 43.7 Å². The van der Waals surface area contributed by atoms with Gasteiger partial charge in [0.2, 0.25) is 0 Å². The summed E-state index contributed by atoms with van der Waals surface area (Å²) in [7, 11) is 0. The molecule has 1 aliphatic rings. The van der Waals surface area contributed by atoms with E-state index in [1.807, 2.05) is 0 Å². The minimum absolute atomic E-state index is 0.232. The van der Waals surface area contributed by atoms with Crippen LogP contribution in [0.4, 0.5) is 4.39 Å². The zero-order valence-electron chi connectivity index (χ0n) is 7.28. The first kappa shape index (κ1) is 9.89. The van der Waals surface area contributed by atoms with Crippen LogP contribution in [-0.4, -0.2) is 53.1 Å². The summed E-state index contributed by atoms with van der Waals surface area (Å²) in [4.78, 5) is 1.75. The van der Waals surface area contributed by atoms with Gasteiger partial charge in [0.15, 0.2) is 0 Å². The number of aliphatic hydroxyl groups is 2. The monoisotopic (exact) mass is 177 g/mol. The van der Waals surface area contributed by atoms with E-state index in [0.29, 0.717) is 19.6 Å². The second-order valence-electron chi connectivity index (χ2n) is 3.55. The van der Waals surface area contributed by atoms with Gasteiger partial charge in [0.1, 0.15) is 6.17 Å². The molecule has 12 heavy (non-hydrogen) atoms. The van der Waals surface area contributed by atoms with E-state index in [9.17, 15) is 9.50 Å². The molecule has 1 aliphatic heterocycles. The van der Waals surface area contributed by atoms with Crippen LogP contribution in [0.3, 0.4) is 0 Å². The third-order valence-corrected chi connectivity index (χ3v) is 1.98. The van der Waals surface area contributed by atoms with Crippen LogP contribution in [0.25, 0.3) is 0 Å². The maximum Gasteiger partial charge on any atom is 0.115 e. The molecule has 0 bridgehead atoms. The van der Waals surface area contributed by atoms with Crippen molar-refractivity contribution < 1.29 is 14.6 Å². The molecular formula is C8H16FNO2. The van der Waals surface area contributed by atoms with Crippen LogP contribution in [0.15, 0.2) is 0 Å². The van der Waals surface area contributed by atoms with Gasteiger partial charge in [-0.15, -0.1) is 0 Å². The Morgan fingerprint density at radius 3 is 2.75 bits per heavy atom. The molecule has 3 atom stereocenters. The summed E-state index contributed by atoms with van der Waals surface area (Å²) >= 11 is 0. The summed E-state index contributed by atoms with van der Waals surface area (Å²) in [6.45, 7) is 2.92. The molecule has 0 aromatic heterocycles. The zero-order valence-corrected chi connectivity index (χ0v) is 7.28. The molecule has 0 radical (unpaired) electrons. The number of nitrogens with zero attached hydrogens (tertiary/aromatic N) is 1. The summed E-state index contributed by atoms with van der Waals surface area (Å²) in [5.41, 5.74) is 0. The first-order chi connectivity index (χ1) is 5.58. The van der Waals surface area contributed by atoms with Gasteiger partial charge in [-0.2, -0.15) is 0 Å². The number of β-amino-alcohol motifs (C(OH)–C–C–N with tert-alkyl or cyclic N) is 2. The molecule has 0 aromatic carbocycles. The SMILES string of the molecule is CC(O)CN1CC(O)CC(F)C1. The number of aliphatic hydroxyl groups excluding tert-OH is 2. The molecule has 1 rings (SSSR count). The Balaban J connectivity index is 2.34.